The van der Waals surface area contributed by atoms with Crippen molar-refractivity contribution >= 4 is 34.7 Å². The Morgan fingerprint density at radius 1 is 1.00 bits per heavy atom. The van der Waals surface area contributed by atoms with Gasteiger partial charge in [0.05, 0.1) is 27.6 Å². The van der Waals surface area contributed by atoms with Crippen LogP contribution in [0.25, 0.3) is 11.1 Å². The fourth-order valence-electron chi connectivity index (χ4n) is 4.46. The molecule has 3 aromatic carbocycles. The number of halogens is 3. The Hall–Kier alpha value is -3.99. The zero-order valence-electron chi connectivity index (χ0n) is 21.0. The number of nitrogens with zero attached hydrogens (tertiary/aromatic N) is 2. The van der Waals surface area contributed by atoms with Crippen LogP contribution in [-0.4, -0.2) is 63.7 Å². The van der Waals surface area contributed by atoms with Crippen molar-refractivity contribution in [2.75, 3.05) is 30.7 Å². The summed E-state index contributed by atoms with van der Waals surface area (Å²) >= 11 is 0. The van der Waals surface area contributed by atoms with E-state index < -0.39 is 34.5 Å². The second kappa shape index (κ2) is 11.8. The number of carbonyl (C=O) groups excluding carboxylic acids is 3. The molecule has 11 heteroatoms. The van der Waals surface area contributed by atoms with E-state index in [-0.39, 0.29) is 48.1 Å². The van der Waals surface area contributed by atoms with Gasteiger partial charge >= 0.3 is 6.18 Å². The van der Waals surface area contributed by atoms with Gasteiger partial charge in [-0.1, -0.05) is 36.4 Å². The molecular formula is C28H26F3N3O4S. The van der Waals surface area contributed by atoms with Gasteiger partial charge in [-0.25, -0.2) is 0 Å². The molecule has 1 fully saturated rings. The SMILES string of the molecule is CC1CN(C(=O)CS(=O)c2ccccc2)CCN1C(=O)c1cc(-c2cccc(C(F)(F)F)c2)ccc1NC=O. The largest absolute Gasteiger partial charge is 0.416 e. The van der Waals surface area contributed by atoms with Crippen LogP contribution >= 0.6 is 0 Å². The van der Waals surface area contributed by atoms with Gasteiger partial charge < -0.3 is 15.1 Å². The van der Waals surface area contributed by atoms with Gasteiger partial charge in [-0.15, -0.1) is 0 Å². The fourth-order valence-corrected chi connectivity index (χ4v) is 5.50. The van der Waals surface area contributed by atoms with Gasteiger partial charge in [0.2, 0.25) is 12.3 Å². The molecule has 7 nitrogen and oxygen atoms in total. The Kier molecular flexibility index (Phi) is 8.49. The van der Waals surface area contributed by atoms with Gasteiger partial charge in [0.25, 0.3) is 5.91 Å². The Labute approximate surface area is 226 Å². The molecule has 1 aliphatic rings. The van der Waals surface area contributed by atoms with E-state index in [0.717, 1.165) is 12.1 Å². The van der Waals surface area contributed by atoms with Gasteiger partial charge in [0, 0.05) is 30.6 Å². The maximum absolute atomic E-state index is 13.6. The van der Waals surface area contributed by atoms with E-state index in [1.807, 2.05) is 0 Å². The molecule has 4 rings (SSSR count). The molecule has 1 heterocycles. The van der Waals surface area contributed by atoms with E-state index in [4.69, 9.17) is 0 Å². The number of nitrogens with one attached hydrogen (secondary N) is 1. The Balaban J connectivity index is 1.52. The first-order valence-electron chi connectivity index (χ1n) is 12.1. The van der Waals surface area contributed by atoms with Crippen molar-refractivity contribution < 1.29 is 31.8 Å². The van der Waals surface area contributed by atoms with Gasteiger partial charge in [0.15, 0.2) is 0 Å². The highest BCUT2D eigenvalue weighted by atomic mass is 32.2. The summed E-state index contributed by atoms with van der Waals surface area (Å²) in [5.74, 6) is -0.886. The Bertz CT molecular complexity index is 1400. The highest BCUT2D eigenvalue weighted by Crippen LogP contribution is 2.33. The van der Waals surface area contributed by atoms with E-state index in [2.05, 4.69) is 5.32 Å². The molecule has 0 aromatic heterocycles. The third-order valence-corrected chi connectivity index (χ3v) is 7.80. The van der Waals surface area contributed by atoms with E-state index in [9.17, 15) is 31.8 Å². The predicted molar refractivity (Wildman–Crippen MR) is 141 cm³/mol. The van der Waals surface area contributed by atoms with Crippen molar-refractivity contribution in [2.45, 2.75) is 24.0 Å². The lowest BCUT2D eigenvalue weighted by Crippen LogP contribution is -2.56. The second-order valence-corrected chi connectivity index (χ2v) is 10.5. The van der Waals surface area contributed by atoms with Crippen LogP contribution in [0, 0.1) is 0 Å². The Morgan fingerprint density at radius 3 is 2.38 bits per heavy atom. The highest BCUT2D eigenvalue weighted by Gasteiger charge is 2.33. The van der Waals surface area contributed by atoms with Crippen LogP contribution in [-0.2, 0) is 26.6 Å². The number of rotatable bonds is 7. The van der Waals surface area contributed by atoms with Crippen molar-refractivity contribution in [3.63, 3.8) is 0 Å². The number of hydrogen-bond donors (Lipinski definition) is 1. The zero-order valence-corrected chi connectivity index (χ0v) is 21.8. The number of piperazine rings is 1. The minimum absolute atomic E-state index is 0.119. The molecule has 1 saturated heterocycles. The third-order valence-electron chi connectivity index (χ3n) is 6.49. The summed E-state index contributed by atoms with van der Waals surface area (Å²) in [7, 11) is -1.49. The average molecular weight is 558 g/mol. The second-order valence-electron chi connectivity index (χ2n) is 9.09. The zero-order chi connectivity index (χ0) is 28.2. The molecule has 0 saturated carbocycles. The number of amides is 3. The molecule has 1 N–H and O–H groups in total. The first-order chi connectivity index (χ1) is 18.6. The monoisotopic (exact) mass is 557 g/mol. The standard InChI is InChI=1S/C28H26F3N3O4S/c1-19-16-33(26(36)17-39(38)23-8-3-2-4-9-23)12-13-34(19)27(37)24-15-21(10-11-25(24)32-18-35)20-6-5-7-22(14-20)28(29,30)31/h2-11,14-15,18-19H,12-13,16-17H2,1H3,(H,32,35). The van der Waals surface area contributed by atoms with Crippen molar-refractivity contribution in [2.24, 2.45) is 0 Å². The summed E-state index contributed by atoms with van der Waals surface area (Å²) in [5.41, 5.74) is 0.172. The average Bonchev–Trinajstić information content (AvgIpc) is 2.93. The summed E-state index contributed by atoms with van der Waals surface area (Å²) in [5, 5.41) is 2.48. The van der Waals surface area contributed by atoms with Crippen LogP contribution in [0.15, 0.2) is 77.7 Å². The topological polar surface area (TPSA) is 86.8 Å². The molecular weight excluding hydrogens is 531 g/mol. The molecule has 2 unspecified atom stereocenters. The number of hydrogen-bond acceptors (Lipinski definition) is 4. The van der Waals surface area contributed by atoms with E-state index in [1.165, 1.54) is 30.3 Å². The minimum Gasteiger partial charge on any atom is -0.338 e. The summed E-state index contributed by atoms with van der Waals surface area (Å²) in [6.45, 7) is 2.41. The van der Waals surface area contributed by atoms with Crippen LogP contribution < -0.4 is 5.32 Å². The first kappa shape index (κ1) is 28.0. The molecule has 3 amide bonds. The van der Waals surface area contributed by atoms with Crippen LogP contribution in [0.1, 0.15) is 22.8 Å². The van der Waals surface area contributed by atoms with Gasteiger partial charge in [0.1, 0.15) is 5.75 Å². The first-order valence-corrected chi connectivity index (χ1v) is 13.4. The molecule has 0 aliphatic carbocycles. The maximum atomic E-state index is 13.6. The van der Waals surface area contributed by atoms with Crippen LogP contribution in [0.2, 0.25) is 0 Å². The quantitative estimate of drug-likeness (QED) is 0.436. The molecule has 3 aromatic rings. The van der Waals surface area contributed by atoms with E-state index in [1.54, 1.807) is 47.1 Å². The lowest BCUT2D eigenvalue weighted by molar-refractivity contribution is -0.137. The Morgan fingerprint density at radius 2 is 1.72 bits per heavy atom. The maximum Gasteiger partial charge on any atom is 0.416 e. The molecule has 39 heavy (non-hydrogen) atoms. The van der Waals surface area contributed by atoms with Gasteiger partial charge in [-0.05, 0) is 54.4 Å². The molecule has 1 aliphatic heterocycles. The van der Waals surface area contributed by atoms with Crippen LogP contribution in [0.5, 0.6) is 0 Å². The summed E-state index contributed by atoms with van der Waals surface area (Å²) < 4.78 is 52.3. The minimum atomic E-state index is -4.52. The van der Waals surface area contributed by atoms with Gasteiger partial charge in [-0.3, -0.25) is 18.6 Å². The fraction of sp³-hybridized carbons (Fsp3) is 0.250. The van der Waals surface area contributed by atoms with Crippen molar-refractivity contribution in [3.05, 3.63) is 83.9 Å². The van der Waals surface area contributed by atoms with Gasteiger partial charge in [-0.2, -0.15) is 13.2 Å². The number of anilines is 1. The summed E-state index contributed by atoms with van der Waals surface area (Å²) in [6.07, 6.45) is -4.10. The lowest BCUT2D eigenvalue weighted by atomic mass is 9.98. The number of benzene rings is 3. The van der Waals surface area contributed by atoms with Crippen molar-refractivity contribution in [1.82, 2.24) is 9.80 Å². The molecule has 204 valence electrons. The molecule has 0 radical (unpaired) electrons. The highest BCUT2D eigenvalue weighted by molar-refractivity contribution is 7.85. The molecule has 0 bridgehead atoms. The summed E-state index contributed by atoms with van der Waals surface area (Å²) in [4.78, 5) is 41.3. The number of carbonyl (C=O) groups is 3. The van der Waals surface area contributed by atoms with Crippen molar-refractivity contribution in [3.8, 4) is 11.1 Å². The normalized spacial score (nSPS) is 16.5. The third kappa shape index (κ3) is 6.54. The number of alkyl halides is 3. The molecule has 0 spiro atoms. The van der Waals surface area contributed by atoms with E-state index >= 15 is 0 Å². The lowest BCUT2D eigenvalue weighted by Gasteiger charge is -2.40. The smallest absolute Gasteiger partial charge is 0.338 e. The van der Waals surface area contributed by atoms with E-state index in [0.29, 0.717) is 16.9 Å². The molecule has 2 atom stereocenters. The predicted octanol–water partition coefficient (Wildman–Crippen LogP) is 4.42. The van der Waals surface area contributed by atoms with Crippen LogP contribution in [0.4, 0.5) is 18.9 Å². The van der Waals surface area contributed by atoms with Crippen molar-refractivity contribution in [1.29, 1.82) is 0 Å². The summed E-state index contributed by atoms with van der Waals surface area (Å²) in [6, 6.07) is 17.5. The van der Waals surface area contributed by atoms with Crippen LogP contribution in [0.3, 0.4) is 0 Å².